The van der Waals surface area contributed by atoms with Crippen LogP contribution in [-0.4, -0.2) is 24.0 Å². The monoisotopic (exact) mass is 323 g/mol. The number of oxazole rings is 1. The summed E-state index contributed by atoms with van der Waals surface area (Å²) in [4.78, 5) is 16.5. The molecular weight excluding hydrogens is 302 g/mol. The predicted octanol–water partition coefficient (Wildman–Crippen LogP) is 3.14. The Balaban J connectivity index is 0.00000176. The summed E-state index contributed by atoms with van der Waals surface area (Å²) in [5, 5.41) is 6.28. The summed E-state index contributed by atoms with van der Waals surface area (Å²) in [6.07, 6.45) is 3.52. The summed E-state index contributed by atoms with van der Waals surface area (Å²) in [5.74, 6) is 1.30. The molecule has 0 aliphatic carbocycles. The average Bonchev–Trinajstić information content (AvgIpc) is 2.90. The van der Waals surface area contributed by atoms with Crippen molar-refractivity contribution < 1.29 is 9.21 Å². The van der Waals surface area contributed by atoms with E-state index in [1.807, 2.05) is 25.1 Å². The van der Waals surface area contributed by atoms with Gasteiger partial charge >= 0.3 is 0 Å². The lowest BCUT2D eigenvalue weighted by atomic mass is 9.94. The summed E-state index contributed by atoms with van der Waals surface area (Å²) < 4.78 is 5.57. The summed E-state index contributed by atoms with van der Waals surface area (Å²) in [6.45, 7) is 4.04. The molecular formula is C16H22ClN3O2. The number of nitrogens with one attached hydrogen (secondary N) is 2. The molecule has 3 rings (SSSR count). The van der Waals surface area contributed by atoms with Gasteiger partial charge in [-0.3, -0.25) is 4.79 Å². The molecule has 0 spiro atoms. The maximum atomic E-state index is 12.1. The molecule has 0 unspecified atom stereocenters. The number of halogens is 1. The lowest BCUT2D eigenvalue weighted by Crippen LogP contribution is -2.30. The van der Waals surface area contributed by atoms with Crippen LogP contribution in [0.3, 0.4) is 0 Å². The molecule has 1 aliphatic rings. The third-order valence-electron chi connectivity index (χ3n) is 3.95. The maximum absolute atomic E-state index is 12.1. The molecule has 2 N–H and O–H groups in total. The number of piperidine rings is 1. The second-order valence-electron chi connectivity index (χ2n) is 5.59. The van der Waals surface area contributed by atoms with Gasteiger partial charge in [0.15, 0.2) is 11.5 Å². The number of aromatic nitrogens is 1. The molecule has 2 aromatic rings. The van der Waals surface area contributed by atoms with E-state index < -0.39 is 0 Å². The van der Waals surface area contributed by atoms with Gasteiger partial charge in [-0.25, -0.2) is 4.98 Å². The van der Waals surface area contributed by atoms with Crippen molar-refractivity contribution in [3.63, 3.8) is 0 Å². The minimum Gasteiger partial charge on any atom is -0.441 e. The number of carbonyl (C=O) groups excluding carboxylic acids is 1. The highest BCUT2D eigenvalue weighted by atomic mass is 35.5. The molecule has 5 nitrogen and oxygen atoms in total. The molecule has 0 radical (unpaired) electrons. The van der Waals surface area contributed by atoms with Gasteiger partial charge in [-0.15, -0.1) is 12.4 Å². The molecule has 1 aromatic heterocycles. The number of fused-ring (bicyclic) bond motifs is 1. The van der Waals surface area contributed by atoms with E-state index in [9.17, 15) is 4.79 Å². The number of rotatable bonds is 4. The molecule has 0 atom stereocenters. The van der Waals surface area contributed by atoms with E-state index in [4.69, 9.17) is 4.42 Å². The fraction of sp³-hybridized carbons (Fsp3) is 0.500. The van der Waals surface area contributed by atoms with Crippen LogP contribution in [0.4, 0.5) is 5.69 Å². The first-order valence-electron chi connectivity index (χ1n) is 7.64. The number of aryl methyl sites for hydroxylation is 1. The van der Waals surface area contributed by atoms with Crippen LogP contribution in [0.15, 0.2) is 22.6 Å². The molecule has 1 aliphatic heterocycles. The number of carbonyl (C=O) groups is 1. The topological polar surface area (TPSA) is 67.2 Å². The summed E-state index contributed by atoms with van der Waals surface area (Å²) in [5.41, 5.74) is 2.35. The molecule has 1 amide bonds. The van der Waals surface area contributed by atoms with Gasteiger partial charge < -0.3 is 15.1 Å². The van der Waals surface area contributed by atoms with Crippen molar-refractivity contribution in [3.8, 4) is 0 Å². The maximum Gasteiger partial charge on any atom is 0.224 e. The predicted molar refractivity (Wildman–Crippen MR) is 89.5 cm³/mol. The van der Waals surface area contributed by atoms with Gasteiger partial charge in [0.05, 0.1) is 0 Å². The number of nitrogens with zero attached hydrogens (tertiary/aromatic N) is 1. The Kier molecular flexibility index (Phi) is 5.80. The highest BCUT2D eigenvalue weighted by molar-refractivity contribution is 5.92. The highest BCUT2D eigenvalue weighted by Gasteiger charge is 2.17. The van der Waals surface area contributed by atoms with Crippen molar-refractivity contribution in [1.82, 2.24) is 10.3 Å². The van der Waals surface area contributed by atoms with Crippen LogP contribution >= 0.6 is 12.4 Å². The Morgan fingerprint density at radius 1 is 1.41 bits per heavy atom. The van der Waals surface area contributed by atoms with Crippen LogP contribution in [0.1, 0.15) is 32.1 Å². The zero-order valence-corrected chi connectivity index (χ0v) is 13.5. The Bertz CT molecular complexity index is 635. The molecule has 22 heavy (non-hydrogen) atoms. The van der Waals surface area contributed by atoms with E-state index in [1.165, 1.54) is 0 Å². The molecule has 1 saturated heterocycles. The largest absolute Gasteiger partial charge is 0.441 e. The second kappa shape index (κ2) is 7.61. The van der Waals surface area contributed by atoms with Crippen LogP contribution in [0.5, 0.6) is 0 Å². The lowest BCUT2D eigenvalue weighted by molar-refractivity contribution is -0.117. The lowest BCUT2D eigenvalue weighted by Gasteiger charge is -2.21. The normalized spacial score (nSPS) is 15.5. The van der Waals surface area contributed by atoms with Crippen molar-refractivity contribution >= 4 is 35.1 Å². The molecule has 1 aromatic carbocycles. The standard InChI is InChI=1S/C16H21N3O2.ClH/c1-2-16-19-13-10-12(3-4-14(13)21-16)18-15(20)9-11-5-7-17-8-6-11;/h3-4,10-11,17H,2,5-9H2,1H3,(H,18,20);1H. The van der Waals surface area contributed by atoms with Crippen molar-refractivity contribution in [2.45, 2.75) is 32.6 Å². The minimum absolute atomic E-state index is 0. The van der Waals surface area contributed by atoms with E-state index >= 15 is 0 Å². The van der Waals surface area contributed by atoms with E-state index in [0.29, 0.717) is 12.3 Å². The second-order valence-corrected chi connectivity index (χ2v) is 5.59. The molecule has 1 fully saturated rings. The molecule has 0 saturated carbocycles. The first-order valence-corrected chi connectivity index (χ1v) is 7.64. The van der Waals surface area contributed by atoms with E-state index in [2.05, 4.69) is 15.6 Å². The van der Waals surface area contributed by atoms with Gasteiger partial charge in [0.2, 0.25) is 5.91 Å². The van der Waals surface area contributed by atoms with Gasteiger partial charge in [0.25, 0.3) is 0 Å². The van der Waals surface area contributed by atoms with Crippen LogP contribution in [0, 0.1) is 5.92 Å². The van der Waals surface area contributed by atoms with Gasteiger partial charge in [0.1, 0.15) is 5.52 Å². The number of hydrogen-bond acceptors (Lipinski definition) is 4. The first kappa shape index (κ1) is 16.8. The van der Waals surface area contributed by atoms with Crippen molar-refractivity contribution in [2.75, 3.05) is 18.4 Å². The van der Waals surface area contributed by atoms with Crippen LogP contribution in [0.25, 0.3) is 11.1 Å². The molecule has 2 heterocycles. The number of amides is 1. The van der Waals surface area contributed by atoms with Crippen molar-refractivity contribution in [3.05, 3.63) is 24.1 Å². The first-order chi connectivity index (χ1) is 10.2. The Labute approximate surface area is 136 Å². The Hall–Kier alpha value is -1.59. The quantitative estimate of drug-likeness (QED) is 0.907. The highest BCUT2D eigenvalue weighted by Crippen LogP contribution is 2.21. The van der Waals surface area contributed by atoms with Gasteiger partial charge in [0, 0.05) is 18.5 Å². The zero-order valence-electron chi connectivity index (χ0n) is 12.7. The number of anilines is 1. The van der Waals surface area contributed by atoms with Crippen molar-refractivity contribution in [1.29, 1.82) is 0 Å². The van der Waals surface area contributed by atoms with Gasteiger partial charge in [-0.1, -0.05) is 6.92 Å². The Morgan fingerprint density at radius 2 is 2.18 bits per heavy atom. The number of hydrogen-bond donors (Lipinski definition) is 2. The van der Waals surface area contributed by atoms with Crippen molar-refractivity contribution in [2.24, 2.45) is 5.92 Å². The summed E-state index contributed by atoms with van der Waals surface area (Å²) in [7, 11) is 0. The third kappa shape index (κ3) is 3.99. The SMILES string of the molecule is CCc1nc2cc(NC(=O)CC3CCNCC3)ccc2o1.Cl. The van der Waals surface area contributed by atoms with E-state index in [0.717, 1.165) is 55.0 Å². The smallest absolute Gasteiger partial charge is 0.224 e. The fourth-order valence-electron chi connectivity index (χ4n) is 2.76. The van der Waals surface area contributed by atoms with Crippen LogP contribution < -0.4 is 10.6 Å². The van der Waals surface area contributed by atoms with E-state index in [-0.39, 0.29) is 18.3 Å². The van der Waals surface area contributed by atoms with Gasteiger partial charge in [-0.05, 0) is 50.0 Å². The molecule has 0 bridgehead atoms. The average molecular weight is 324 g/mol. The Morgan fingerprint density at radius 3 is 2.91 bits per heavy atom. The van der Waals surface area contributed by atoms with Crippen LogP contribution in [-0.2, 0) is 11.2 Å². The zero-order chi connectivity index (χ0) is 14.7. The summed E-state index contributed by atoms with van der Waals surface area (Å²) >= 11 is 0. The summed E-state index contributed by atoms with van der Waals surface area (Å²) in [6, 6.07) is 5.60. The third-order valence-corrected chi connectivity index (χ3v) is 3.95. The molecule has 120 valence electrons. The van der Waals surface area contributed by atoms with E-state index in [1.54, 1.807) is 0 Å². The minimum atomic E-state index is 0. The van der Waals surface area contributed by atoms with Gasteiger partial charge in [-0.2, -0.15) is 0 Å². The fourth-order valence-corrected chi connectivity index (χ4v) is 2.76. The van der Waals surface area contributed by atoms with Crippen LogP contribution in [0.2, 0.25) is 0 Å². The number of benzene rings is 1. The molecule has 6 heteroatoms.